The molecule has 2 N–H and O–H groups in total. The van der Waals surface area contributed by atoms with Gasteiger partial charge in [0, 0.05) is 48.7 Å². The van der Waals surface area contributed by atoms with E-state index in [2.05, 4.69) is 10.6 Å². The molecule has 0 radical (unpaired) electrons. The average molecular weight is 459 g/mol. The topological polar surface area (TPSA) is 81.8 Å². The molecule has 0 aromatic heterocycles. The minimum atomic E-state index is -0.290. The number of piperidine rings is 1. The summed E-state index contributed by atoms with van der Waals surface area (Å²) in [6, 6.07) is 8.23. The van der Waals surface area contributed by atoms with Gasteiger partial charge in [0.2, 0.25) is 11.8 Å². The molecule has 1 aromatic rings. The summed E-state index contributed by atoms with van der Waals surface area (Å²) < 4.78 is 0. The third-order valence-electron chi connectivity index (χ3n) is 6.94. The first kappa shape index (κ1) is 23.0. The molecule has 1 aromatic carbocycles. The Hall–Kier alpha value is -2.22. The number of thioether (sulfide) groups is 1. The molecule has 7 nitrogen and oxygen atoms in total. The number of amides is 4. The highest BCUT2D eigenvalue weighted by molar-refractivity contribution is 7.98. The van der Waals surface area contributed by atoms with Crippen LogP contribution in [0.2, 0.25) is 0 Å². The second-order valence-corrected chi connectivity index (χ2v) is 10.0. The van der Waals surface area contributed by atoms with Crippen LogP contribution in [0.15, 0.2) is 29.2 Å². The number of hydrogen-bond donors (Lipinski definition) is 2. The predicted molar refractivity (Wildman–Crippen MR) is 127 cm³/mol. The summed E-state index contributed by atoms with van der Waals surface area (Å²) in [6.45, 7) is 1.69. The van der Waals surface area contributed by atoms with Crippen molar-refractivity contribution in [2.75, 3.05) is 30.8 Å². The van der Waals surface area contributed by atoms with Crippen LogP contribution in [0.25, 0.3) is 0 Å². The number of rotatable bonds is 5. The van der Waals surface area contributed by atoms with E-state index < -0.39 is 0 Å². The fourth-order valence-electron chi connectivity index (χ4n) is 5.05. The molecule has 32 heavy (non-hydrogen) atoms. The zero-order valence-corrected chi connectivity index (χ0v) is 19.7. The first-order valence-corrected chi connectivity index (χ1v) is 13.1. The minimum Gasteiger partial charge on any atom is -0.342 e. The van der Waals surface area contributed by atoms with Crippen LogP contribution in [0, 0.1) is 5.92 Å². The molecular formula is C24H34N4O3S. The van der Waals surface area contributed by atoms with Crippen molar-refractivity contribution >= 4 is 35.3 Å². The highest BCUT2D eigenvalue weighted by atomic mass is 32.2. The number of likely N-dealkylation sites (tertiary alicyclic amines) is 1. The molecule has 3 fully saturated rings. The predicted octanol–water partition coefficient (Wildman–Crippen LogP) is 3.38. The van der Waals surface area contributed by atoms with Crippen LogP contribution in [0.5, 0.6) is 0 Å². The summed E-state index contributed by atoms with van der Waals surface area (Å²) in [5.74, 6) is -0.218. The Labute approximate surface area is 194 Å². The zero-order chi connectivity index (χ0) is 22.5. The summed E-state index contributed by atoms with van der Waals surface area (Å²) in [7, 11) is 0. The average Bonchev–Trinajstić information content (AvgIpc) is 3.21. The molecule has 1 saturated carbocycles. The Morgan fingerprint density at radius 2 is 1.56 bits per heavy atom. The van der Waals surface area contributed by atoms with Gasteiger partial charge in [0.15, 0.2) is 0 Å². The monoisotopic (exact) mass is 458 g/mol. The number of urea groups is 1. The SMILES string of the molecule is CSc1ccc(N2CC(C(=O)N3CCC(NC(=O)NC4CCCCC4)CC3)CC2=O)cc1. The Balaban J connectivity index is 1.23. The number of benzene rings is 1. The lowest BCUT2D eigenvalue weighted by molar-refractivity contribution is -0.136. The van der Waals surface area contributed by atoms with Crippen molar-refractivity contribution in [1.82, 2.24) is 15.5 Å². The van der Waals surface area contributed by atoms with Crippen molar-refractivity contribution in [3.8, 4) is 0 Å². The number of hydrogen-bond acceptors (Lipinski definition) is 4. The smallest absolute Gasteiger partial charge is 0.315 e. The van der Waals surface area contributed by atoms with E-state index in [4.69, 9.17) is 0 Å². The highest BCUT2D eigenvalue weighted by Crippen LogP contribution is 2.28. The largest absolute Gasteiger partial charge is 0.342 e. The van der Waals surface area contributed by atoms with Crippen molar-refractivity contribution in [1.29, 1.82) is 0 Å². The zero-order valence-electron chi connectivity index (χ0n) is 18.8. The molecule has 4 amide bonds. The lowest BCUT2D eigenvalue weighted by atomic mass is 9.96. The van der Waals surface area contributed by atoms with Crippen LogP contribution in [0.3, 0.4) is 0 Å². The Kier molecular flexibility index (Phi) is 7.60. The molecular weight excluding hydrogens is 424 g/mol. The van der Waals surface area contributed by atoms with Crippen LogP contribution in [0.4, 0.5) is 10.5 Å². The quantitative estimate of drug-likeness (QED) is 0.663. The van der Waals surface area contributed by atoms with Crippen LogP contribution < -0.4 is 15.5 Å². The number of nitrogens with zero attached hydrogens (tertiary/aromatic N) is 2. The van der Waals surface area contributed by atoms with Gasteiger partial charge in [0.05, 0.1) is 5.92 Å². The fourth-order valence-corrected chi connectivity index (χ4v) is 5.45. The fraction of sp³-hybridized carbons (Fsp3) is 0.625. The standard InChI is InChI=1S/C24H34N4O3S/c1-32-21-9-7-20(8-10-21)28-16-17(15-22(28)29)23(30)27-13-11-19(12-14-27)26-24(31)25-18-5-3-2-4-6-18/h7-10,17-19H,2-6,11-16H2,1H3,(H2,25,26,31). The van der Waals surface area contributed by atoms with Gasteiger partial charge in [0.25, 0.3) is 0 Å². The Morgan fingerprint density at radius 3 is 2.19 bits per heavy atom. The van der Waals surface area contributed by atoms with Crippen molar-refractivity contribution in [2.24, 2.45) is 5.92 Å². The molecule has 1 unspecified atom stereocenters. The molecule has 2 saturated heterocycles. The van der Waals surface area contributed by atoms with E-state index in [0.717, 1.165) is 36.3 Å². The number of carbonyl (C=O) groups excluding carboxylic acids is 3. The van der Waals surface area contributed by atoms with Gasteiger partial charge >= 0.3 is 6.03 Å². The number of carbonyl (C=O) groups is 3. The van der Waals surface area contributed by atoms with Gasteiger partial charge in [-0.3, -0.25) is 9.59 Å². The van der Waals surface area contributed by atoms with E-state index >= 15 is 0 Å². The maximum atomic E-state index is 13.1. The first-order valence-electron chi connectivity index (χ1n) is 11.8. The molecule has 3 aliphatic rings. The third kappa shape index (κ3) is 5.57. The van der Waals surface area contributed by atoms with Crippen molar-refractivity contribution in [3.63, 3.8) is 0 Å². The number of nitrogens with one attached hydrogen (secondary N) is 2. The Morgan fingerprint density at radius 1 is 0.938 bits per heavy atom. The van der Waals surface area contributed by atoms with Gasteiger partial charge in [0.1, 0.15) is 0 Å². The van der Waals surface area contributed by atoms with Gasteiger partial charge in [-0.2, -0.15) is 0 Å². The second-order valence-electron chi connectivity index (χ2n) is 9.16. The molecule has 0 spiro atoms. The number of anilines is 1. The Bertz CT molecular complexity index is 817. The van der Waals surface area contributed by atoms with Gasteiger partial charge in [-0.05, 0) is 56.2 Å². The summed E-state index contributed by atoms with van der Waals surface area (Å²) in [4.78, 5) is 42.7. The molecule has 2 aliphatic heterocycles. The maximum absolute atomic E-state index is 13.1. The van der Waals surface area contributed by atoms with Gasteiger partial charge < -0.3 is 20.4 Å². The maximum Gasteiger partial charge on any atom is 0.315 e. The van der Waals surface area contributed by atoms with E-state index in [1.54, 1.807) is 16.7 Å². The van der Waals surface area contributed by atoms with Crippen LogP contribution in [-0.4, -0.2) is 60.7 Å². The molecule has 0 bridgehead atoms. The van der Waals surface area contributed by atoms with Crippen LogP contribution >= 0.6 is 11.8 Å². The minimum absolute atomic E-state index is 0.0104. The van der Waals surface area contributed by atoms with E-state index in [1.807, 2.05) is 35.4 Å². The summed E-state index contributed by atoms with van der Waals surface area (Å²) >= 11 is 1.66. The molecule has 8 heteroatoms. The second kappa shape index (κ2) is 10.6. The normalized spacial score (nSPS) is 22.8. The van der Waals surface area contributed by atoms with Gasteiger partial charge in [-0.1, -0.05) is 19.3 Å². The van der Waals surface area contributed by atoms with Crippen molar-refractivity contribution in [2.45, 2.75) is 68.3 Å². The van der Waals surface area contributed by atoms with Crippen LogP contribution in [-0.2, 0) is 9.59 Å². The highest BCUT2D eigenvalue weighted by Gasteiger charge is 2.38. The molecule has 174 valence electrons. The molecule has 1 atom stereocenters. The summed E-state index contributed by atoms with van der Waals surface area (Å²) in [6.07, 6.45) is 9.58. The van der Waals surface area contributed by atoms with E-state index in [1.165, 1.54) is 19.3 Å². The lowest BCUT2D eigenvalue weighted by Gasteiger charge is -2.34. The lowest BCUT2D eigenvalue weighted by Crippen LogP contribution is -2.51. The van der Waals surface area contributed by atoms with Gasteiger partial charge in [-0.15, -0.1) is 11.8 Å². The third-order valence-corrected chi connectivity index (χ3v) is 7.68. The summed E-state index contributed by atoms with van der Waals surface area (Å²) in [5.41, 5.74) is 0.856. The first-order chi connectivity index (χ1) is 15.5. The molecule has 1 aliphatic carbocycles. The van der Waals surface area contributed by atoms with E-state index in [-0.39, 0.29) is 36.2 Å². The van der Waals surface area contributed by atoms with Crippen molar-refractivity contribution < 1.29 is 14.4 Å². The molecule has 4 rings (SSSR count). The van der Waals surface area contributed by atoms with Gasteiger partial charge in [-0.25, -0.2) is 4.79 Å². The summed E-state index contributed by atoms with van der Waals surface area (Å²) in [5, 5.41) is 6.19. The molecule has 2 heterocycles. The van der Waals surface area contributed by atoms with Crippen molar-refractivity contribution in [3.05, 3.63) is 24.3 Å². The van der Waals surface area contributed by atoms with Crippen LogP contribution in [0.1, 0.15) is 51.4 Å². The van der Waals surface area contributed by atoms with E-state index in [0.29, 0.717) is 25.7 Å². The van der Waals surface area contributed by atoms with E-state index in [9.17, 15) is 14.4 Å².